The molecule has 2 aliphatic rings. The molecule has 0 aromatic heterocycles. The van der Waals surface area contributed by atoms with E-state index in [2.05, 4.69) is 43.0 Å². The highest BCUT2D eigenvalue weighted by Crippen LogP contribution is 2.40. The van der Waals surface area contributed by atoms with E-state index >= 15 is 0 Å². The van der Waals surface area contributed by atoms with Crippen molar-refractivity contribution in [3.05, 3.63) is 29.8 Å². The first-order chi connectivity index (χ1) is 8.19. The minimum atomic E-state index is 0.106. The van der Waals surface area contributed by atoms with Crippen molar-refractivity contribution in [3.8, 4) is 5.75 Å². The number of hydrogen-bond donors (Lipinski definition) is 0. The van der Waals surface area contributed by atoms with E-state index in [0.717, 1.165) is 12.2 Å². The molecule has 1 spiro atoms. The molecule has 0 radical (unpaired) electrons. The largest absolute Gasteiger partial charge is 0.487 e. The third-order valence-corrected chi connectivity index (χ3v) is 4.25. The Balaban J connectivity index is 1.72. The Kier molecular flexibility index (Phi) is 2.62. The van der Waals surface area contributed by atoms with Crippen LogP contribution in [0.1, 0.15) is 32.3 Å². The van der Waals surface area contributed by atoms with Gasteiger partial charge in [0.25, 0.3) is 0 Å². The van der Waals surface area contributed by atoms with Crippen LogP contribution in [0.3, 0.4) is 0 Å². The van der Waals surface area contributed by atoms with E-state index < -0.39 is 0 Å². The van der Waals surface area contributed by atoms with Crippen molar-refractivity contribution in [1.29, 1.82) is 0 Å². The Morgan fingerprint density at radius 3 is 2.53 bits per heavy atom. The zero-order valence-corrected chi connectivity index (χ0v) is 10.8. The number of benzene rings is 1. The van der Waals surface area contributed by atoms with E-state index in [-0.39, 0.29) is 5.60 Å². The lowest BCUT2D eigenvalue weighted by molar-refractivity contribution is 0.0103. The number of hydrogen-bond acceptors (Lipinski definition) is 2. The average Bonchev–Trinajstić information content (AvgIpc) is 2.67. The molecule has 1 aromatic carbocycles. The quantitative estimate of drug-likeness (QED) is 0.737. The first-order valence-corrected chi connectivity index (χ1v) is 6.70. The molecule has 0 atom stereocenters. The summed E-state index contributed by atoms with van der Waals surface area (Å²) in [7, 11) is 0. The van der Waals surface area contributed by atoms with Crippen molar-refractivity contribution < 1.29 is 4.74 Å². The fourth-order valence-corrected chi connectivity index (χ4v) is 3.09. The van der Waals surface area contributed by atoms with Gasteiger partial charge in [-0.15, -0.1) is 0 Å². The van der Waals surface area contributed by atoms with Gasteiger partial charge >= 0.3 is 0 Å². The van der Waals surface area contributed by atoms with Crippen LogP contribution in [0.2, 0.25) is 0 Å². The van der Waals surface area contributed by atoms with Gasteiger partial charge in [0.15, 0.2) is 0 Å². The molecule has 0 bridgehead atoms. The number of piperidine rings is 1. The van der Waals surface area contributed by atoms with Crippen LogP contribution < -0.4 is 4.74 Å². The molecule has 0 amide bonds. The highest BCUT2D eigenvalue weighted by Gasteiger charge is 2.41. The molecule has 2 heterocycles. The fourth-order valence-electron chi connectivity index (χ4n) is 3.09. The van der Waals surface area contributed by atoms with Gasteiger partial charge in [0.2, 0.25) is 0 Å². The van der Waals surface area contributed by atoms with Crippen molar-refractivity contribution in [1.82, 2.24) is 4.90 Å². The molecule has 1 aromatic rings. The number of rotatable bonds is 1. The summed E-state index contributed by atoms with van der Waals surface area (Å²) in [5, 5.41) is 0. The van der Waals surface area contributed by atoms with E-state index in [1.54, 1.807) is 0 Å². The molecule has 3 rings (SSSR count). The first-order valence-electron chi connectivity index (χ1n) is 6.70. The number of nitrogens with zero attached hydrogens (tertiary/aromatic N) is 1. The van der Waals surface area contributed by atoms with Crippen LogP contribution in [0.4, 0.5) is 0 Å². The summed E-state index contributed by atoms with van der Waals surface area (Å²) < 4.78 is 6.24. The van der Waals surface area contributed by atoms with Gasteiger partial charge in [0, 0.05) is 38.4 Å². The summed E-state index contributed by atoms with van der Waals surface area (Å²) in [6, 6.07) is 9.17. The van der Waals surface area contributed by atoms with Gasteiger partial charge in [0.1, 0.15) is 11.4 Å². The minimum Gasteiger partial charge on any atom is -0.487 e. The summed E-state index contributed by atoms with van der Waals surface area (Å²) in [6.45, 7) is 6.90. The second kappa shape index (κ2) is 4.02. The van der Waals surface area contributed by atoms with E-state index in [1.807, 2.05) is 0 Å². The SMILES string of the molecule is CC(C)N1CCC2(CC1)Cc1ccccc1O2. The van der Waals surface area contributed by atoms with E-state index in [4.69, 9.17) is 4.74 Å². The second-order valence-corrected chi connectivity index (χ2v) is 5.70. The van der Waals surface area contributed by atoms with Crippen molar-refractivity contribution in [2.45, 2.75) is 44.8 Å². The fraction of sp³-hybridized carbons (Fsp3) is 0.600. The topological polar surface area (TPSA) is 12.5 Å². The lowest BCUT2D eigenvalue weighted by Gasteiger charge is -2.40. The third kappa shape index (κ3) is 1.95. The van der Waals surface area contributed by atoms with Crippen molar-refractivity contribution >= 4 is 0 Å². The Morgan fingerprint density at radius 1 is 1.18 bits per heavy atom. The predicted octanol–water partition coefficient (Wildman–Crippen LogP) is 2.86. The molecular weight excluding hydrogens is 210 g/mol. The van der Waals surface area contributed by atoms with Crippen LogP contribution in [-0.2, 0) is 6.42 Å². The molecule has 2 aliphatic heterocycles. The van der Waals surface area contributed by atoms with Crippen molar-refractivity contribution in [2.75, 3.05) is 13.1 Å². The van der Waals surface area contributed by atoms with Gasteiger partial charge in [-0.2, -0.15) is 0 Å². The summed E-state index contributed by atoms with van der Waals surface area (Å²) in [4.78, 5) is 2.55. The van der Waals surface area contributed by atoms with Crippen LogP contribution in [0.5, 0.6) is 5.75 Å². The standard InChI is InChI=1S/C15H21NO/c1-12(2)16-9-7-15(8-10-16)11-13-5-3-4-6-14(13)17-15/h3-6,12H,7-11H2,1-2H3. The minimum absolute atomic E-state index is 0.106. The zero-order valence-electron chi connectivity index (χ0n) is 10.8. The monoisotopic (exact) mass is 231 g/mol. The highest BCUT2D eigenvalue weighted by molar-refractivity contribution is 5.39. The van der Waals surface area contributed by atoms with Gasteiger partial charge in [0.05, 0.1) is 0 Å². The van der Waals surface area contributed by atoms with E-state index in [1.165, 1.54) is 31.5 Å². The van der Waals surface area contributed by atoms with E-state index in [0.29, 0.717) is 6.04 Å². The van der Waals surface area contributed by atoms with Crippen LogP contribution in [0.15, 0.2) is 24.3 Å². The highest BCUT2D eigenvalue weighted by atomic mass is 16.5. The maximum atomic E-state index is 6.24. The Bertz CT molecular complexity index is 378. The van der Waals surface area contributed by atoms with Crippen LogP contribution in [0.25, 0.3) is 0 Å². The molecular formula is C15H21NO. The lowest BCUT2D eigenvalue weighted by Crippen LogP contribution is -2.49. The van der Waals surface area contributed by atoms with Gasteiger partial charge in [-0.3, -0.25) is 0 Å². The predicted molar refractivity (Wildman–Crippen MR) is 69.4 cm³/mol. The average molecular weight is 231 g/mol. The van der Waals surface area contributed by atoms with Crippen LogP contribution >= 0.6 is 0 Å². The smallest absolute Gasteiger partial charge is 0.123 e. The molecule has 92 valence electrons. The van der Waals surface area contributed by atoms with Crippen LogP contribution in [0, 0.1) is 0 Å². The molecule has 0 unspecified atom stereocenters. The third-order valence-electron chi connectivity index (χ3n) is 4.25. The number of likely N-dealkylation sites (tertiary alicyclic amines) is 1. The van der Waals surface area contributed by atoms with Crippen molar-refractivity contribution in [3.63, 3.8) is 0 Å². The second-order valence-electron chi connectivity index (χ2n) is 5.70. The first kappa shape index (κ1) is 11.1. The van der Waals surface area contributed by atoms with Gasteiger partial charge in [-0.25, -0.2) is 0 Å². The summed E-state index contributed by atoms with van der Waals surface area (Å²) in [5.74, 6) is 1.12. The van der Waals surface area contributed by atoms with E-state index in [9.17, 15) is 0 Å². The maximum absolute atomic E-state index is 6.24. The Labute approximate surface area is 104 Å². The summed E-state index contributed by atoms with van der Waals surface area (Å²) in [6.07, 6.45) is 3.44. The van der Waals surface area contributed by atoms with Gasteiger partial charge < -0.3 is 9.64 Å². The Hall–Kier alpha value is -1.02. The van der Waals surface area contributed by atoms with Crippen LogP contribution in [-0.4, -0.2) is 29.6 Å². The molecule has 0 N–H and O–H groups in total. The molecule has 1 fully saturated rings. The number of para-hydroxylation sites is 1. The Morgan fingerprint density at radius 2 is 1.88 bits per heavy atom. The normalized spacial score (nSPS) is 22.8. The molecule has 0 saturated carbocycles. The van der Waals surface area contributed by atoms with Gasteiger partial charge in [-0.05, 0) is 25.5 Å². The summed E-state index contributed by atoms with van der Waals surface area (Å²) in [5.41, 5.74) is 1.50. The molecule has 2 heteroatoms. The molecule has 2 nitrogen and oxygen atoms in total. The number of fused-ring (bicyclic) bond motifs is 1. The zero-order chi connectivity index (χ0) is 11.9. The lowest BCUT2D eigenvalue weighted by atomic mass is 9.87. The summed E-state index contributed by atoms with van der Waals surface area (Å²) >= 11 is 0. The van der Waals surface area contributed by atoms with Crippen molar-refractivity contribution in [2.24, 2.45) is 0 Å². The molecule has 0 aliphatic carbocycles. The maximum Gasteiger partial charge on any atom is 0.123 e. The number of ether oxygens (including phenoxy) is 1. The molecule has 17 heavy (non-hydrogen) atoms. The van der Waals surface area contributed by atoms with Gasteiger partial charge in [-0.1, -0.05) is 18.2 Å². The molecule has 1 saturated heterocycles.